The van der Waals surface area contributed by atoms with E-state index in [4.69, 9.17) is 22.4 Å². The lowest BCUT2D eigenvalue weighted by Crippen LogP contribution is -2.43. The highest BCUT2D eigenvalue weighted by molar-refractivity contribution is 6.75. The molecule has 1 aliphatic rings. The topological polar surface area (TPSA) is 67.1 Å². The molecule has 0 fully saturated rings. The third kappa shape index (κ3) is 7.15. The maximum atomic E-state index is 13.9. The Morgan fingerprint density at radius 3 is 1.69 bits per heavy atom. The van der Waals surface area contributed by atoms with Gasteiger partial charge in [-0.15, -0.1) is 0 Å². The van der Waals surface area contributed by atoms with E-state index < -0.39 is 30.6 Å². The van der Waals surface area contributed by atoms with E-state index in [1.807, 2.05) is 42.5 Å². The van der Waals surface area contributed by atoms with Gasteiger partial charge in [-0.3, -0.25) is 0 Å². The first-order valence-corrected chi connectivity index (χ1v) is 24.7. The first kappa shape index (κ1) is 35.1. The Bertz CT molecular complexity index is 1680. The van der Waals surface area contributed by atoms with Gasteiger partial charge in [0.2, 0.25) is 25.0 Å². The van der Waals surface area contributed by atoms with E-state index >= 15 is 0 Å². The molecule has 0 atom stereocenters. The molecular formula is C36H54O6Si3. The van der Waals surface area contributed by atoms with Crippen LogP contribution >= 0.6 is 0 Å². The minimum absolute atomic E-state index is 0.0190. The molecule has 0 amide bonds. The van der Waals surface area contributed by atoms with Crippen LogP contribution in [0.5, 0.6) is 17.2 Å². The summed E-state index contributed by atoms with van der Waals surface area (Å²) in [6, 6.07) is 11.6. The van der Waals surface area contributed by atoms with Crippen molar-refractivity contribution in [3.63, 3.8) is 0 Å². The van der Waals surface area contributed by atoms with Gasteiger partial charge in [0, 0.05) is 28.6 Å². The van der Waals surface area contributed by atoms with Crippen LogP contribution in [0.3, 0.4) is 0 Å². The van der Waals surface area contributed by atoms with Crippen LogP contribution in [0.25, 0.3) is 28.2 Å². The summed E-state index contributed by atoms with van der Waals surface area (Å²) in [6.07, 6.45) is 1.98. The maximum absolute atomic E-state index is 13.9. The standard InChI is InChI=1S/C36H54O6Si3/c1-34(2,3)43(10,11)40-24-17-19-28-30(21-24)38-23-26(42-45(14,15)36(7,8)9)20-29-27-18-16-25(41-44(12,13)35(4,5)6)22-31(27)39-33(37)32(28)29/h16-22H,23H2,1-15H3. The predicted molar refractivity (Wildman–Crippen MR) is 195 cm³/mol. The summed E-state index contributed by atoms with van der Waals surface area (Å²) in [5, 5.41) is 0.863. The Balaban J connectivity index is 1.93. The fourth-order valence-corrected chi connectivity index (χ4v) is 7.48. The molecule has 0 saturated heterocycles. The second kappa shape index (κ2) is 11.5. The van der Waals surface area contributed by atoms with E-state index in [0.717, 1.165) is 16.7 Å². The molecule has 0 spiro atoms. The van der Waals surface area contributed by atoms with Crippen molar-refractivity contribution < 1.29 is 22.4 Å². The summed E-state index contributed by atoms with van der Waals surface area (Å²) in [7, 11) is -6.44. The molecule has 0 aliphatic carbocycles. The molecule has 9 heteroatoms. The molecule has 0 radical (unpaired) electrons. The van der Waals surface area contributed by atoms with Gasteiger partial charge in [-0.25, -0.2) is 4.79 Å². The van der Waals surface area contributed by atoms with Crippen molar-refractivity contribution in [2.45, 2.75) is 117 Å². The zero-order chi connectivity index (χ0) is 34.0. The monoisotopic (exact) mass is 666 g/mol. The molecule has 0 saturated carbocycles. The summed E-state index contributed by atoms with van der Waals surface area (Å²) < 4.78 is 32.5. The Hall–Kier alpha value is -2.76. The SMILES string of the molecule is CC(C)(C)[Si](C)(C)OC1=Cc2c(c(=O)oc3cc(O[Si](C)(C)C(C)(C)C)ccc23)-c2ccc(O[Si](C)(C)C(C)(C)C)cc2OC1. The number of hydrogen-bond donors (Lipinski definition) is 0. The minimum Gasteiger partial charge on any atom is -0.544 e. The molecule has 2 aromatic carbocycles. The molecule has 1 aliphatic heterocycles. The third-order valence-corrected chi connectivity index (χ3v) is 23.5. The number of hydrogen-bond acceptors (Lipinski definition) is 6. The molecule has 4 rings (SSSR count). The Labute approximate surface area is 273 Å². The first-order chi connectivity index (χ1) is 20.3. The molecule has 0 unspecified atom stereocenters. The number of rotatable bonds is 6. The summed E-state index contributed by atoms with van der Waals surface area (Å²) >= 11 is 0. The maximum Gasteiger partial charge on any atom is 0.344 e. The quantitative estimate of drug-likeness (QED) is 0.193. The van der Waals surface area contributed by atoms with E-state index in [1.54, 1.807) is 0 Å². The van der Waals surface area contributed by atoms with Gasteiger partial charge in [0.05, 0.1) is 5.56 Å². The minimum atomic E-state index is -2.23. The van der Waals surface area contributed by atoms with Crippen molar-refractivity contribution in [2.24, 2.45) is 0 Å². The van der Waals surface area contributed by atoms with Gasteiger partial charge in [0.25, 0.3) is 0 Å². The largest absolute Gasteiger partial charge is 0.544 e. The average molecular weight is 667 g/mol. The predicted octanol–water partition coefficient (Wildman–Crippen LogP) is 11.0. The van der Waals surface area contributed by atoms with Gasteiger partial charge in [-0.05, 0) is 84.7 Å². The van der Waals surface area contributed by atoms with Gasteiger partial charge in [0.15, 0.2) is 0 Å². The third-order valence-electron chi connectivity index (χ3n) is 10.4. The molecule has 1 aromatic heterocycles. The molecule has 3 aromatic rings. The second-order valence-electron chi connectivity index (χ2n) is 17.0. The van der Waals surface area contributed by atoms with Gasteiger partial charge in [-0.2, -0.15) is 0 Å². The molecule has 2 heterocycles. The van der Waals surface area contributed by atoms with Gasteiger partial charge < -0.3 is 22.4 Å². The van der Waals surface area contributed by atoms with Crippen LogP contribution in [0.2, 0.25) is 54.4 Å². The van der Waals surface area contributed by atoms with Gasteiger partial charge in [-0.1, -0.05) is 62.3 Å². The van der Waals surface area contributed by atoms with Crippen LogP contribution in [0.1, 0.15) is 67.9 Å². The highest BCUT2D eigenvalue weighted by atomic mass is 28.4. The summed E-state index contributed by atoms with van der Waals surface area (Å²) in [6.45, 7) is 33.4. The van der Waals surface area contributed by atoms with Crippen molar-refractivity contribution >= 4 is 42.0 Å². The molecular weight excluding hydrogens is 613 g/mol. The van der Waals surface area contributed by atoms with Crippen LogP contribution < -0.4 is 19.2 Å². The molecule has 6 nitrogen and oxygen atoms in total. The smallest absolute Gasteiger partial charge is 0.344 e. The lowest BCUT2D eigenvalue weighted by molar-refractivity contribution is 0.271. The van der Waals surface area contributed by atoms with Crippen LogP contribution in [0.15, 0.2) is 51.4 Å². The number of benzene rings is 2. The normalized spacial score (nSPS) is 14.9. The fourth-order valence-electron chi connectivity index (χ4n) is 4.35. The molecule has 0 N–H and O–H groups in total. The Morgan fingerprint density at radius 2 is 1.16 bits per heavy atom. The highest BCUT2D eigenvalue weighted by Gasteiger charge is 2.41. The molecule has 45 heavy (non-hydrogen) atoms. The van der Waals surface area contributed by atoms with Crippen LogP contribution in [0.4, 0.5) is 0 Å². The lowest BCUT2D eigenvalue weighted by atomic mass is 9.96. The van der Waals surface area contributed by atoms with E-state index in [-0.39, 0.29) is 21.7 Å². The molecule has 246 valence electrons. The average Bonchev–Trinajstić information content (AvgIpc) is 2.84. The zero-order valence-corrected chi connectivity index (χ0v) is 33.2. The lowest BCUT2D eigenvalue weighted by Gasteiger charge is -2.38. The van der Waals surface area contributed by atoms with E-state index in [0.29, 0.717) is 34.0 Å². The number of fused-ring (bicyclic) bond motifs is 5. The van der Waals surface area contributed by atoms with Crippen molar-refractivity contribution in [3.05, 3.63) is 58.1 Å². The fraction of sp³-hybridized carbons (Fsp3) is 0.528. The summed E-state index contributed by atoms with van der Waals surface area (Å²) in [4.78, 5) is 13.9. The Kier molecular flexibility index (Phi) is 8.96. The van der Waals surface area contributed by atoms with E-state index in [2.05, 4.69) is 102 Å². The van der Waals surface area contributed by atoms with Crippen molar-refractivity contribution in [1.82, 2.24) is 0 Å². The highest BCUT2D eigenvalue weighted by Crippen LogP contribution is 2.44. The van der Waals surface area contributed by atoms with Crippen molar-refractivity contribution in [3.8, 4) is 28.4 Å². The van der Waals surface area contributed by atoms with Gasteiger partial charge in [0.1, 0.15) is 35.2 Å². The van der Waals surface area contributed by atoms with E-state index in [1.165, 1.54) is 0 Å². The van der Waals surface area contributed by atoms with Crippen LogP contribution in [-0.2, 0) is 4.43 Å². The summed E-state index contributed by atoms with van der Waals surface area (Å²) in [5.74, 6) is 2.70. The summed E-state index contributed by atoms with van der Waals surface area (Å²) in [5.41, 5.74) is 1.93. The first-order valence-electron chi connectivity index (χ1n) is 16.0. The van der Waals surface area contributed by atoms with Gasteiger partial charge >= 0.3 is 5.63 Å². The van der Waals surface area contributed by atoms with Crippen LogP contribution in [-0.4, -0.2) is 31.6 Å². The zero-order valence-electron chi connectivity index (χ0n) is 30.2. The van der Waals surface area contributed by atoms with E-state index in [9.17, 15) is 4.79 Å². The van der Waals surface area contributed by atoms with Crippen LogP contribution in [0, 0.1) is 0 Å². The second-order valence-corrected chi connectivity index (χ2v) is 31.2. The van der Waals surface area contributed by atoms with Crippen molar-refractivity contribution in [2.75, 3.05) is 6.61 Å². The Morgan fingerprint density at radius 1 is 0.667 bits per heavy atom. The van der Waals surface area contributed by atoms with Crippen molar-refractivity contribution in [1.29, 1.82) is 0 Å². The number of ether oxygens (including phenoxy) is 1. The molecule has 0 bridgehead atoms.